The van der Waals surface area contributed by atoms with Crippen molar-refractivity contribution in [2.75, 3.05) is 18.0 Å². The summed E-state index contributed by atoms with van der Waals surface area (Å²) in [7, 11) is 0. The smallest absolute Gasteiger partial charge is 0.259 e. The highest BCUT2D eigenvalue weighted by Gasteiger charge is 2.28. The molecule has 1 saturated heterocycles. The zero-order valence-electron chi connectivity index (χ0n) is 17.4. The van der Waals surface area contributed by atoms with Gasteiger partial charge in [-0.2, -0.15) is 0 Å². The third-order valence-corrected chi connectivity index (χ3v) is 6.15. The highest BCUT2D eigenvalue weighted by Crippen LogP contribution is 2.40. The number of aliphatic hydroxyl groups excluding tert-OH is 1. The summed E-state index contributed by atoms with van der Waals surface area (Å²) in [5.41, 5.74) is 3.57. The molecule has 5 rings (SSSR count). The highest BCUT2D eigenvalue weighted by atomic mass is 19.1. The van der Waals surface area contributed by atoms with Gasteiger partial charge in [-0.15, -0.1) is 0 Å². The molecular formula is C23H25FN4O3. The predicted octanol–water partition coefficient (Wildman–Crippen LogP) is 3.44. The molecule has 0 bridgehead atoms. The number of rotatable bonds is 5. The van der Waals surface area contributed by atoms with Crippen molar-refractivity contribution in [3.05, 3.63) is 52.6 Å². The Labute approximate surface area is 179 Å². The lowest BCUT2D eigenvalue weighted by Crippen LogP contribution is -2.36. The number of carbonyl (C=O) groups is 1. The van der Waals surface area contributed by atoms with E-state index in [1.54, 1.807) is 13.0 Å². The Morgan fingerprint density at radius 3 is 2.74 bits per heavy atom. The number of benzene rings is 1. The van der Waals surface area contributed by atoms with Crippen LogP contribution in [0.15, 0.2) is 28.8 Å². The van der Waals surface area contributed by atoms with Gasteiger partial charge in [-0.25, -0.2) is 9.37 Å². The zero-order valence-corrected chi connectivity index (χ0v) is 17.4. The van der Waals surface area contributed by atoms with Crippen molar-refractivity contribution in [1.29, 1.82) is 0 Å². The molecule has 1 aliphatic carbocycles. The molecule has 2 fully saturated rings. The highest BCUT2D eigenvalue weighted by molar-refractivity contribution is 6.06. The quantitative estimate of drug-likeness (QED) is 0.652. The van der Waals surface area contributed by atoms with Crippen LogP contribution in [0.4, 0.5) is 10.1 Å². The Balaban J connectivity index is 1.32. The largest absolute Gasteiger partial charge is 0.393 e. The topological polar surface area (TPSA) is 91.5 Å². The molecule has 2 aromatic heterocycles. The summed E-state index contributed by atoms with van der Waals surface area (Å²) in [5.74, 6) is -0.200. The first-order valence-corrected chi connectivity index (χ1v) is 10.8. The number of nitrogens with zero attached hydrogens (tertiary/aromatic N) is 3. The van der Waals surface area contributed by atoms with Gasteiger partial charge in [-0.3, -0.25) is 4.79 Å². The van der Waals surface area contributed by atoms with Gasteiger partial charge in [0.25, 0.3) is 11.6 Å². The number of nitrogens with one attached hydrogen (secondary N) is 1. The van der Waals surface area contributed by atoms with Crippen molar-refractivity contribution < 1.29 is 18.8 Å². The molecule has 0 unspecified atom stereocenters. The van der Waals surface area contributed by atoms with Crippen LogP contribution < -0.4 is 10.2 Å². The first-order valence-electron chi connectivity index (χ1n) is 10.8. The van der Waals surface area contributed by atoms with Crippen LogP contribution in [-0.2, 0) is 6.54 Å². The molecule has 1 aromatic carbocycles. The summed E-state index contributed by atoms with van der Waals surface area (Å²) in [4.78, 5) is 19.4. The molecule has 2 N–H and O–H groups in total. The number of hydrogen-bond donors (Lipinski definition) is 2. The van der Waals surface area contributed by atoms with Crippen molar-refractivity contribution in [2.24, 2.45) is 0 Å². The van der Waals surface area contributed by atoms with Gasteiger partial charge < -0.3 is 19.8 Å². The van der Waals surface area contributed by atoms with E-state index in [0.717, 1.165) is 18.5 Å². The Morgan fingerprint density at radius 1 is 1.26 bits per heavy atom. The van der Waals surface area contributed by atoms with Gasteiger partial charge in [0, 0.05) is 31.2 Å². The monoisotopic (exact) mass is 424 g/mol. The van der Waals surface area contributed by atoms with E-state index in [1.165, 1.54) is 6.07 Å². The minimum absolute atomic E-state index is 0.210. The van der Waals surface area contributed by atoms with Crippen LogP contribution >= 0.6 is 0 Å². The maximum atomic E-state index is 14.7. The summed E-state index contributed by atoms with van der Waals surface area (Å²) < 4.78 is 20.0. The minimum atomic E-state index is -0.319. The second kappa shape index (κ2) is 7.92. The van der Waals surface area contributed by atoms with E-state index in [2.05, 4.69) is 15.5 Å². The maximum Gasteiger partial charge on any atom is 0.259 e. The third-order valence-electron chi connectivity index (χ3n) is 6.15. The number of piperidine rings is 1. The molecule has 1 saturated carbocycles. The van der Waals surface area contributed by atoms with Crippen LogP contribution in [0.1, 0.15) is 58.9 Å². The first-order chi connectivity index (χ1) is 15.0. The molecule has 1 amide bonds. The molecular weight excluding hydrogens is 399 g/mol. The van der Waals surface area contributed by atoms with E-state index >= 15 is 0 Å². The van der Waals surface area contributed by atoms with Crippen molar-refractivity contribution in [1.82, 2.24) is 15.5 Å². The number of hydrogen-bond acceptors (Lipinski definition) is 6. The number of halogens is 1. The van der Waals surface area contributed by atoms with Gasteiger partial charge in [0.1, 0.15) is 5.82 Å². The van der Waals surface area contributed by atoms with Gasteiger partial charge in [0.05, 0.1) is 28.4 Å². The molecule has 31 heavy (non-hydrogen) atoms. The number of amides is 1. The lowest BCUT2D eigenvalue weighted by atomic mass is 10.1. The van der Waals surface area contributed by atoms with Crippen molar-refractivity contribution in [2.45, 2.75) is 51.2 Å². The molecule has 162 valence electrons. The van der Waals surface area contributed by atoms with Gasteiger partial charge in [-0.05, 0) is 56.4 Å². The molecule has 3 aromatic rings. The average molecular weight is 424 g/mol. The fourth-order valence-corrected chi connectivity index (χ4v) is 4.18. The molecule has 2 aliphatic rings. The number of aryl methyl sites for hydroxylation is 1. The van der Waals surface area contributed by atoms with Gasteiger partial charge in [-0.1, -0.05) is 11.2 Å². The van der Waals surface area contributed by atoms with Gasteiger partial charge in [0.2, 0.25) is 0 Å². The SMILES string of the molecule is Cc1noc2nc(C3CC3)cc(C(=O)NCc3ccc(N4CCC(O)CC4)c(F)c3)c12. The van der Waals surface area contributed by atoms with E-state index in [4.69, 9.17) is 4.52 Å². The van der Waals surface area contributed by atoms with Crippen LogP contribution in [0.25, 0.3) is 11.1 Å². The number of pyridine rings is 1. The van der Waals surface area contributed by atoms with E-state index < -0.39 is 0 Å². The average Bonchev–Trinajstić information content (AvgIpc) is 3.55. The van der Waals surface area contributed by atoms with Crippen molar-refractivity contribution in [3.8, 4) is 0 Å². The summed E-state index contributed by atoms with van der Waals surface area (Å²) in [6.07, 6.45) is 3.11. The van der Waals surface area contributed by atoms with Gasteiger partial charge in [0.15, 0.2) is 0 Å². The number of fused-ring (bicyclic) bond motifs is 1. The van der Waals surface area contributed by atoms with Gasteiger partial charge >= 0.3 is 0 Å². The summed E-state index contributed by atoms with van der Waals surface area (Å²) in [6.45, 7) is 3.26. The molecule has 0 atom stereocenters. The number of aromatic nitrogens is 2. The lowest BCUT2D eigenvalue weighted by Gasteiger charge is -2.31. The van der Waals surface area contributed by atoms with E-state index in [9.17, 15) is 14.3 Å². The van der Waals surface area contributed by atoms with Crippen LogP contribution in [0.5, 0.6) is 0 Å². The molecule has 3 heterocycles. The first kappa shape index (κ1) is 19.9. The Morgan fingerprint density at radius 2 is 2.03 bits per heavy atom. The molecule has 0 radical (unpaired) electrons. The Hall–Kier alpha value is -3.00. The van der Waals surface area contributed by atoms with Crippen molar-refractivity contribution >= 4 is 22.7 Å². The molecule has 8 heteroatoms. The van der Waals surface area contributed by atoms with Crippen LogP contribution in [0, 0.1) is 12.7 Å². The summed E-state index contributed by atoms with van der Waals surface area (Å²) in [6, 6.07) is 6.86. The Bertz CT molecular complexity index is 1130. The summed E-state index contributed by atoms with van der Waals surface area (Å²) in [5, 5.41) is 17.1. The second-order valence-electron chi connectivity index (χ2n) is 8.50. The molecule has 1 aliphatic heterocycles. The molecule has 0 spiro atoms. The number of aliphatic hydroxyl groups is 1. The lowest BCUT2D eigenvalue weighted by molar-refractivity contribution is 0.0952. The maximum absolute atomic E-state index is 14.7. The Kier molecular flexibility index (Phi) is 5.09. The number of carbonyl (C=O) groups excluding carboxylic acids is 1. The normalized spacial score (nSPS) is 17.3. The van der Waals surface area contributed by atoms with Crippen LogP contribution in [-0.4, -0.2) is 40.3 Å². The van der Waals surface area contributed by atoms with Crippen LogP contribution in [0.3, 0.4) is 0 Å². The summed E-state index contributed by atoms with van der Waals surface area (Å²) >= 11 is 0. The second-order valence-corrected chi connectivity index (χ2v) is 8.50. The zero-order chi connectivity index (χ0) is 21.5. The third kappa shape index (κ3) is 3.99. The van der Waals surface area contributed by atoms with Crippen molar-refractivity contribution in [3.63, 3.8) is 0 Å². The number of anilines is 1. The van der Waals surface area contributed by atoms with E-state index in [1.807, 2.05) is 17.0 Å². The standard InChI is InChI=1S/C23H25FN4O3/c1-13-21-17(11-19(15-3-4-15)26-23(21)31-27-13)22(30)25-12-14-2-5-20(18(24)10-14)28-8-6-16(29)7-9-28/h2,5,10-11,15-16,29H,3-4,6-9,12H2,1H3,(H,25,30). The van der Waals surface area contributed by atoms with Crippen LogP contribution in [0.2, 0.25) is 0 Å². The fourth-order valence-electron chi connectivity index (χ4n) is 4.18. The fraction of sp³-hybridized carbons (Fsp3) is 0.435. The van der Waals surface area contributed by atoms with E-state index in [-0.39, 0.29) is 24.4 Å². The predicted molar refractivity (Wildman–Crippen MR) is 114 cm³/mol. The molecule has 7 nitrogen and oxygen atoms in total. The minimum Gasteiger partial charge on any atom is -0.393 e. The van der Waals surface area contributed by atoms with E-state index in [0.29, 0.717) is 65.5 Å².